The molecule has 0 atom stereocenters. The van der Waals surface area contributed by atoms with Crippen LogP contribution in [0.15, 0.2) is 30.7 Å². The van der Waals surface area contributed by atoms with Crippen molar-refractivity contribution in [2.45, 2.75) is 38.1 Å². The quantitative estimate of drug-likeness (QED) is 0.755. The van der Waals surface area contributed by atoms with E-state index >= 15 is 0 Å². The van der Waals surface area contributed by atoms with E-state index < -0.39 is 0 Å². The highest BCUT2D eigenvalue weighted by molar-refractivity contribution is 6.09. The van der Waals surface area contributed by atoms with Gasteiger partial charge in [0.05, 0.1) is 5.52 Å². The fourth-order valence-corrected chi connectivity index (χ4v) is 3.02. The minimum Gasteiger partial charge on any atom is -0.404 e. The molecule has 0 radical (unpaired) electrons. The van der Waals surface area contributed by atoms with Crippen LogP contribution in [-0.2, 0) is 0 Å². The number of nitrogens with one attached hydrogen (secondary N) is 2. The van der Waals surface area contributed by atoms with Crippen molar-refractivity contribution in [1.82, 2.24) is 9.97 Å². The minimum absolute atomic E-state index is 0.489. The summed E-state index contributed by atoms with van der Waals surface area (Å²) in [5.41, 5.74) is 8.09. The Bertz CT molecular complexity index is 701. The number of rotatable bonds is 4. The Morgan fingerprint density at radius 3 is 2.77 bits per heavy atom. The van der Waals surface area contributed by atoms with Gasteiger partial charge in [0.25, 0.3) is 0 Å². The Balaban J connectivity index is 1.98. The van der Waals surface area contributed by atoms with Gasteiger partial charge in [-0.3, -0.25) is 0 Å². The molecule has 0 spiro atoms. The predicted molar refractivity (Wildman–Crippen MR) is 91.0 cm³/mol. The molecule has 1 aliphatic rings. The number of anilines is 1. The zero-order chi connectivity index (χ0) is 15.4. The second kappa shape index (κ2) is 6.56. The van der Waals surface area contributed by atoms with Crippen LogP contribution in [-0.4, -0.2) is 22.2 Å². The SMILES string of the molecule is N=C/C(=C\N)c1ccc2ncnc(NC3CCCCC3)c2c1. The van der Waals surface area contributed by atoms with Gasteiger partial charge in [-0.15, -0.1) is 0 Å². The molecule has 1 saturated carbocycles. The van der Waals surface area contributed by atoms with E-state index in [1.54, 1.807) is 6.33 Å². The lowest BCUT2D eigenvalue weighted by Gasteiger charge is -2.23. The molecule has 114 valence electrons. The second-order valence-electron chi connectivity index (χ2n) is 5.70. The molecular formula is C17H21N5. The van der Waals surface area contributed by atoms with Gasteiger partial charge in [0.15, 0.2) is 0 Å². The molecule has 22 heavy (non-hydrogen) atoms. The van der Waals surface area contributed by atoms with E-state index in [9.17, 15) is 0 Å². The second-order valence-corrected chi connectivity index (χ2v) is 5.70. The topological polar surface area (TPSA) is 87.7 Å². The number of fused-ring (bicyclic) bond motifs is 1. The molecule has 5 nitrogen and oxygen atoms in total. The molecule has 1 fully saturated rings. The van der Waals surface area contributed by atoms with Crippen molar-refractivity contribution in [1.29, 1.82) is 5.41 Å². The number of nitrogens with zero attached hydrogens (tertiary/aromatic N) is 2. The van der Waals surface area contributed by atoms with Crippen molar-refractivity contribution >= 4 is 28.5 Å². The summed E-state index contributed by atoms with van der Waals surface area (Å²) < 4.78 is 0. The van der Waals surface area contributed by atoms with Gasteiger partial charge in [-0.1, -0.05) is 25.3 Å². The summed E-state index contributed by atoms with van der Waals surface area (Å²) in [6.07, 6.45) is 10.6. The van der Waals surface area contributed by atoms with Crippen LogP contribution in [0.1, 0.15) is 37.7 Å². The fourth-order valence-electron chi connectivity index (χ4n) is 3.02. The summed E-state index contributed by atoms with van der Waals surface area (Å²) in [5, 5.41) is 12.0. The Morgan fingerprint density at radius 2 is 2.05 bits per heavy atom. The Kier molecular flexibility index (Phi) is 4.32. The average molecular weight is 295 g/mol. The van der Waals surface area contributed by atoms with E-state index in [0.29, 0.717) is 11.6 Å². The Labute approximate surface area is 130 Å². The van der Waals surface area contributed by atoms with E-state index in [2.05, 4.69) is 15.3 Å². The molecule has 0 unspecified atom stereocenters. The molecular weight excluding hydrogens is 274 g/mol. The summed E-state index contributed by atoms with van der Waals surface area (Å²) in [5.74, 6) is 0.875. The van der Waals surface area contributed by atoms with Gasteiger partial charge in [-0.2, -0.15) is 0 Å². The minimum atomic E-state index is 0.489. The molecule has 3 rings (SSSR count). The highest BCUT2D eigenvalue weighted by Gasteiger charge is 2.15. The van der Waals surface area contributed by atoms with Gasteiger partial charge in [-0.05, 0) is 30.5 Å². The maximum Gasteiger partial charge on any atom is 0.137 e. The number of allylic oxidation sites excluding steroid dienone is 1. The first kappa shape index (κ1) is 14.5. The van der Waals surface area contributed by atoms with Crippen molar-refractivity contribution in [3.05, 3.63) is 36.3 Å². The maximum atomic E-state index is 7.44. The highest BCUT2D eigenvalue weighted by atomic mass is 15.0. The van der Waals surface area contributed by atoms with Crippen molar-refractivity contribution in [2.75, 3.05) is 5.32 Å². The van der Waals surface area contributed by atoms with Crippen LogP contribution in [0.25, 0.3) is 16.5 Å². The lowest BCUT2D eigenvalue weighted by molar-refractivity contribution is 0.462. The zero-order valence-electron chi connectivity index (χ0n) is 12.5. The van der Waals surface area contributed by atoms with Gasteiger partial charge in [0.2, 0.25) is 0 Å². The van der Waals surface area contributed by atoms with Crippen LogP contribution in [0.3, 0.4) is 0 Å². The molecule has 0 amide bonds. The van der Waals surface area contributed by atoms with Crippen LogP contribution >= 0.6 is 0 Å². The van der Waals surface area contributed by atoms with Crippen LogP contribution < -0.4 is 11.1 Å². The van der Waals surface area contributed by atoms with Crippen molar-refractivity contribution < 1.29 is 0 Å². The van der Waals surface area contributed by atoms with Crippen LogP contribution in [0, 0.1) is 5.41 Å². The number of benzene rings is 1. The third kappa shape index (κ3) is 2.93. The van der Waals surface area contributed by atoms with E-state index in [4.69, 9.17) is 11.1 Å². The third-order valence-electron chi connectivity index (χ3n) is 4.25. The van der Waals surface area contributed by atoms with Gasteiger partial charge < -0.3 is 16.5 Å². The molecule has 0 saturated heterocycles. The lowest BCUT2D eigenvalue weighted by atomic mass is 9.95. The predicted octanol–water partition coefficient (Wildman–Crippen LogP) is 3.32. The van der Waals surface area contributed by atoms with Crippen molar-refractivity contribution in [2.24, 2.45) is 5.73 Å². The fraction of sp³-hybridized carbons (Fsp3) is 0.353. The monoisotopic (exact) mass is 295 g/mol. The largest absolute Gasteiger partial charge is 0.404 e. The Hall–Kier alpha value is -2.43. The lowest BCUT2D eigenvalue weighted by Crippen LogP contribution is -2.23. The van der Waals surface area contributed by atoms with E-state index in [-0.39, 0.29) is 0 Å². The average Bonchev–Trinajstić information content (AvgIpc) is 2.57. The molecule has 1 aliphatic carbocycles. The smallest absolute Gasteiger partial charge is 0.137 e. The van der Waals surface area contributed by atoms with Gasteiger partial charge in [0.1, 0.15) is 12.1 Å². The zero-order valence-corrected chi connectivity index (χ0v) is 12.5. The molecule has 5 heteroatoms. The summed E-state index contributed by atoms with van der Waals surface area (Å²) >= 11 is 0. The van der Waals surface area contributed by atoms with Gasteiger partial charge >= 0.3 is 0 Å². The summed E-state index contributed by atoms with van der Waals surface area (Å²) in [6.45, 7) is 0. The van der Waals surface area contributed by atoms with Crippen LogP contribution in [0.2, 0.25) is 0 Å². The Morgan fingerprint density at radius 1 is 1.23 bits per heavy atom. The van der Waals surface area contributed by atoms with Gasteiger partial charge in [0, 0.05) is 29.4 Å². The molecule has 2 aromatic rings. The first-order valence-corrected chi connectivity index (χ1v) is 7.76. The molecule has 1 aromatic heterocycles. The summed E-state index contributed by atoms with van der Waals surface area (Å²) in [6, 6.07) is 6.38. The van der Waals surface area contributed by atoms with E-state index in [0.717, 1.165) is 22.3 Å². The molecule has 0 bridgehead atoms. The first-order valence-electron chi connectivity index (χ1n) is 7.76. The van der Waals surface area contributed by atoms with E-state index in [1.165, 1.54) is 44.5 Å². The van der Waals surface area contributed by atoms with Crippen LogP contribution in [0.4, 0.5) is 5.82 Å². The van der Waals surface area contributed by atoms with Crippen molar-refractivity contribution in [3.8, 4) is 0 Å². The molecule has 4 N–H and O–H groups in total. The first-order chi connectivity index (χ1) is 10.8. The number of hydrogen-bond acceptors (Lipinski definition) is 5. The summed E-state index contributed by atoms with van der Waals surface area (Å²) in [7, 11) is 0. The third-order valence-corrected chi connectivity index (χ3v) is 4.25. The molecule has 1 heterocycles. The van der Waals surface area contributed by atoms with E-state index in [1.807, 2.05) is 18.2 Å². The molecule has 0 aliphatic heterocycles. The maximum absolute atomic E-state index is 7.44. The standard InChI is InChI=1S/C17H21N5/c18-9-13(10-19)12-6-7-16-15(8-12)17(21-11-20-16)22-14-4-2-1-3-5-14/h6-11,14,18H,1-5,19H2,(H,20,21,22)/b13-10+,18-9?. The van der Waals surface area contributed by atoms with Crippen molar-refractivity contribution in [3.63, 3.8) is 0 Å². The highest BCUT2D eigenvalue weighted by Crippen LogP contribution is 2.27. The van der Waals surface area contributed by atoms with Gasteiger partial charge in [-0.25, -0.2) is 9.97 Å². The number of aromatic nitrogens is 2. The number of nitrogens with two attached hydrogens (primary N) is 1. The van der Waals surface area contributed by atoms with Crippen LogP contribution in [0.5, 0.6) is 0 Å². The normalized spacial score (nSPS) is 16.6. The number of hydrogen-bond donors (Lipinski definition) is 3. The molecule has 1 aromatic carbocycles. The summed E-state index contributed by atoms with van der Waals surface area (Å²) in [4.78, 5) is 8.75.